The van der Waals surface area contributed by atoms with Crippen molar-refractivity contribution in [2.75, 3.05) is 0 Å². The van der Waals surface area contributed by atoms with Gasteiger partial charge in [0, 0.05) is 6.04 Å². The summed E-state index contributed by atoms with van der Waals surface area (Å²) < 4.78 is 34.8. The molecular formula is C6H10F3N. The zero-order valence-corrected chi connectivity index (χ0v) is 5.49. The molecule has 0 amide bonds. The summed E-state index contributed by atoms with van der Waals surface area (Å²) in [6.07, 6.45) is -3.16. The van der Waals surface area contributed by atoms with Gasteiger partial charge in [-0.1, -0.05) is 0 Å². The lowest BCUT2D eigenvalue weighted by atomic mass is 10.1. The Kier molecular flexibility index (Phi) is 1.90. The molecule has 1 fully saturated rings. The van der Waals surface area contributed by atoms with Gasteiger partial charge < -0.3 is 5.73 Å². The highest BCUT2D eigenvalue weighted by Gasteiger charge is 2.37. The Balaban J connectivity index is 2.23. The third-order valence-electron chi connectivity index (χ3n) is 1.69. The lowest BCUT2D eigenvalue weighted by molar-refractivity contribution is -0.139. The number of halogens is 3. The monoisotopic (exact) mass is 153 g/mol. The van der Waals surface area contributed by atoms with Crippen molar-refractivity contribution >= 4 is 0 Å². The van der Waals surface area contributed by atoms with Gasteiger partial charge >= 0.3 is 6.18 Å². The summed E-state index contributed by atoms with van der Waals surface area (Å²) in [7, 11) is 0. The van der Waals surface area contributed by atoms with Crippen molar-refractivity contribution < 1.29 is 13.2 Å². The molecule has 1 nitrogen and oxygen atoms in total. The highest BCUT2D eigenvalue weighted by atomic mass is 19.4. The maximum atomic E-state index is 11.6. The summed E-state index contributed by atoms with van der Waals surface area (Å²) in [5.41, 5.74) is 5.25. The number of rotatable bonds is 2. The molecule has 2 N–H and O–H groups in total. The predicted molar refractivity (Wildman–Crippen MR) is 31.4 cm³/mol. The Labute approximate surface area is 57.4 Å². The molecule has 0 aliphatic heterocycles. The van der Waals surface area contributed by atoms with Gasteiger partial charge in [-0.3, -0.25) is 0 Å². The van der Waals surface area contributed by atoms with E-state index in [1.807, 2.05) is 0 Å². The molecule has 1 atom stereocenters. The van der Waals surface area contributed by atoms with Crippen molar-refractivity contribution in [2.24, 2.45) is 11.7 Å². The quantitative estimate of drug-likeness (QED) is 0.641. The van der Waals surface area contributed by atoms with Crippen LogP contribution in [0.2, 0.25) is 0 Å². The van der Waals surface area contributed by atoms with Crippen LogP contribution in [0.4, 0.5) is 13.2 Å². The molecule has 1 saturated carbocycles. The van der Waals surface area contributed by atoms with E-state index in [1.54, 1.807) is 0 Å². The first kappa shape index (κ1) is 7.85. The molecule has 1 aliphatic rings. The molecule has 0 radical (unpaired) electrons. The number of nitrogens with two attached hydrogens (primary N) is 1. The highest BCUT2D eigenvalue weighted by Crippen LogP contribution is 2.36. The van der Waals surface area contributed by atoms with Crippen LogP contribution in [0.15, 0.2) is 0 Å². The molecule has 0 aromatic heterocycles. The summed E-state index contributed by atoms with van der Waals surface area (Å²) >= 11 is 0. The fourth-order valence-electron chi connectivity index (χ4n) is 0.958. The lowest BCUT2D eigenvalue weighted by Gasteiger charge is -2.12. The number of hydrogen-bond acceptors (Lipinski definition) is 1. The molecule has 1 aliphatic carbocycles. The van der Waals surface area contributed by atoms with Crippen molar-refractivity contribution in [3.05, 3.63) is 0 Å². The van der Waals surface area contributed by atoms with E-state index in [1.165, 1.54) is 0 Å². The molecule has 0 heterocycles. The Hall–Kier alpha value is -0.250. The fraction of sp³-hybridized carbons (Fsp3) is 1.00. The van der Waals surface area contributed by atoms with Gasteiger partial charge in [0.25, 0.3) is 0 Å². The molecule has 0 saturated heterocycles. The van der Waals surface area contributed by atoms with E-state index in [9.17, 15) is 13.2 Å². The van der Waals surface area contributed by atoms with Crippen LogP contribution in [0, 0.1) is 5.92 Å². The van der Waals surface area contributed by atoms with E-state index < -0.39 is 18.6 Å². The molecule has 4 heteroatoms. The van der Waals surface area contributed by atoms with Crippen LogP contribution < -0.4 is 5.73 Å². The Morgan fingerprint density at radius 2 is 1.90 bits per heavy atom. The van der Waals surface area contributed by atoms with Gasteiger partial charge in [-0.2, -0.15) is 13.2 Å². The first-order chi connectivity index (χ1) is 4.49. The summed E-state index contributed by atoms with van der Waals surface area (Å²) in [4.78, 5) is 0. The SMILES string of the molecule is N[C@H](CC(F)(F)F)C1CC1. The van der Waals surface area contributed by atoms with Crippen LogP contribution in [0.1, 0.15) is 19.3 Å². The predicted octanol–water partition coefficient (Wildman–Crippen LogP) is 1.68. The number of hydrogen-bond donors (Lipinski definition) is 1. The Morgan fingerprint density at radius 3 is 2.20 bits per heavy atom. The molecule has 60 valence electrons. The van der Waals surface area contributed by atoms with Crippen molar-refractivity contribution in [3.8, 4) is 0 Å². The van der Waals surface area contributed by atoms with Crippen molar-refractivity contribution in [2.45, 2.75) is 31.5 Å². The van der Waals surface area contributed by atoms with Crippen LogP contribution in [-0.2, 0) is 0 Å². The standard InChI is InChI=1S/C6H10F3N/c7-6(8,9)3-5(10)4-1-2-4/h4-5H,1-3,10H2/t5-/m1/s1. The summed E-state index contributed by atoms with van der Waals surface area (Å²) in [6.45, 7) is 0. The minimum atomic E-state index is -4.08. The maximum absolute atomic E-state index is 11.6. The molecule has 0 bridgehead atoms. The first-order valence-electron chi connectivity index (χ1n) is 3.31. The van der Waals surface area contributed by atoms with Gasteiger partial charge in [-0.25, -0.2) is 0 Å². The second-order valence-corrected chi connectivity index (χ2v) is 2.82. The fourth-order valence-corrected chi connectivity index (χ4v) is 0.958. The smallest absolute Gasteiger partial charge is 0.327 e. The van der Waals surface area contributed by atoms with E-state index >= 15 is 0 Å². The second kappa shape index (κ2) is 2.42. The van der Waals surface area contributed by atoms with Crippen LogP contribution in [0.5, 0.6) is 0 Å². The topological polar surface area (TPSA) is 26.0 Å². The lowest BCUT2D eigenvalue weighted by Crippen LogP contribution is -2.29. The Bertz CT molecular complexity index is 117. The van der Waals surface area contributed by atoms with Crippen molar-refractivity contribution in [1.82, 2.24) is 0 Å². The van der Waals surface area contributed by atoms with Gasteiger partial charge in [0.1, 0.15) is 0 Å². The van der Waals surface area contributed by atoms with E-state index in [0.29, 0.717) is 0 Å². The highest BCUT2D eigenvalue weighted by molar-refractivity contribution is 4.85. The van der Waals surface area contributed by atoms with Crippen LogP contribution in [0.3, 0.4) is 0 Å². The second-order valence-electron chi connectivity index (χ2n) is 2.82. The summed E-state index contributed by atoms with van der Waals surface area (Å²) in [5, 5.41) is 0. The molecular weight excluding hydrogens is 143 g/mol. The zero-order chi connectivity index (χ0) is 7.78. The van der Waals surface area contributed by atoms with Gasteiger partial charge in [-0.15, -0.1) is 0 Å². The van der Waals surface area contributed by atoms with Crippen LogP contribution in [-0.4, -0.2) is 12.2 Å². The largest absolute Gasteiger partial charge is 0.390 e. The molecule has 10 heavy (non-hydrogen) atoms. The number of alkyl halides is 3. The average molecular weight is 153 g/mol. The summed E-state index contributed by atoms with van der Waals surface area (Å²) in [5.74, 6) is 0.140. The third kappa shape index (κ3) is 2.56. The van der Waals surface area contributed by atoms with E-state index in [-0.39, 0.29) is 5.92 Å². The minimum Gasteiger partial charge on any atom is -0.327 e. The van der Waals surface area contributed by atoms with Crippen LogP contribution in [0.25, 0.3) is 0 Å². The van der Waals surface area contributed by atoms with Crippen LogP contribution >= 0.6 is 0 Å². The Morgan fingerprint density at radius 1 is 1.40 bits per heavy atom. The van der Waals surface area contributed by atoms with Gasteiger partial charge in [0.05, 0.1) is 6.42 Å². The van der Waals surface area contributed by atoms with Gasteiger partial charge in [0.2, 0.25) is 0 Å². The molecule has 0 aromatic rings. The van der Waals surface area contributed by atoms with Gasteiger partial charge in [0.15, 0.2) is 0 Å². The maximum Gasteiger partial charge on any atom is 0.390 e. The van der Waals surface area contributed by atoms with E-state index in [4.69, 9.17) is 5.73 Å². The van der Waals surface area contributed by atoms with Gasteiger partial charge in [-0.05, 0) is 18.8 Å². The zero-order valence-electron chi connectivity index (χ0n) is 5.49. The van der Waals surface area contributed by atoms with E-state index in [0.717, 1.165) is 12.8 Å². The third-order valence-corrected chi connectivity index (χ3v) is 1.69. The summed E-state index contributed by atoms with van der Waals surface area (Å²) in [6, 6.07) is -0.653. The minimum absolute atomic E-state index is 0.140. The molecule has 0 unspecified atom stereocenters. The normalized spacial score (nSPS) is 22.8. The molecule has 0 spiro atoms. The van der Waals surface area contributed by atoms with E-state index in [2.05, 4.69) is 0 Å². The first-order valence-corrected chi connectivity index (χ1v) is 3.31. The molecule has 1 rings (SSSR count). The van der Waals surface area contributed by atoms with Crippen molar-refractivity contribution in [1.29, 1.82) is 0 Å². The van der Waals surface area contributed by atoms with Crippen molar-refractivity contribution in [3.63, 3.8) is 0 Å². The molecule has 0 aromatic carbocycles. The average Bonchev–Trinajstić information content (AvgIpc) is 2.35.